The van der Waals surface area contributed by atoms with E-state index in [4.69, 9.17) is 37.0 Å². The molecule has 3 unspecified atom stereocenters. The van der Waals surface area contributed by atoms with E-state index in [9.17, 15) is 43.2 Å². The number of allylic oxidation sites excluding steroid dienone is 4. The highest BCUT2D eigenvalue weighted by atomic mass is 31.2. The van der Waals surface area contributed by atoms with Crippen LogP contribution >= 0.6 is 15.6 Å². The van der Waals surface area contributed by atoms with E-state index in [2.05, 4.69) is 72.8 Å². The molecule has 0 rings (SSSR count). The fraction of sp³-hybridized carbons (Fsp3) is 0.895. The van der Waals surface area contributed by atoms with Crippen LogP contribution in [0, 0.1) is 17.8 Å². The Balaban J connectivity index is 5.29. The number of rotatable bonds is 72. The van der Waals surface area contributed by atoms with Gasteiger partial charge in [-0.3, -0.25) is 37.3 Å². The maximum Gasteiger partial charge on any atom is 0.472 e. The lowest BCUT2D eigenvalue weighted by Gasteiger charge is -2.21. The number of hydrogen-bond donors (Lipinski definition) is 3. The van der Waals surface area contributed by atoms with Crippen LogP contribution in [0.2, 0.25) is 0 Å². The zero-order valence-corrected chi connectivity index (χ0v) is 63.4. The van der Waals surface area contributed by atoms with Gasteiger partial charge in [-0.2, -0.15) is 0 Å². The number of phosphoric ester groups is 2. The molecule has 0 heterocycles. The first-order chi connectivity index (χ1) is 45.8. The number of carbonyl (C=O) groups excluding carboxylic acids is 4. The van der Waals surface area contributed by atoms with E-state index < -0.39 is 97.5 Å². The van der Waals surface area contributed by atoms with Crippen LogP contribution in [0.1, 0.15) is 363 Å². The Kier molecular flexibility index (Phi) is 64.4. The molecular formula is C76H144O17P2. The smallest absolute Gasteiger partial charge is 0.462 e. The second-order valence-corrected chi connectivity index (χ2v) is 30.8. The summed E-state index contributed by atoms with van der Waals surface area (Å²) >= 11 is 0. The summed E-state index contributed by atoms with van der Waals surface area (Å²) in [5, 5.41) is 10.6. The Hall–Kier alpha value is -2.46. The van der Waals surface area contributed by atoms with Crippen LogP contribution in [0.25, 0.3) is 0 Å². The topological polar surface area (TPSA) is 237 Å². The van der Waals surface area contributed by atoms with E-state index in [-0.39, 0.29) is 25.7 Å². The van der Waals surface area contributed by atoms with Gasteiger partial charge >= 0.3 is 39.5 Å². The Morgan fingerprint density at radius 1 is 0.347 bits per heavy atom. The molecular weight excluding hydrogens is 1250 g/mol. The van der Waals surface area contributed by atoms with E-state index in [0.29, 0.717) is 25.7 Å². The molecule has 0 aromatic heterocycles. The lowest BCUT2D eigenvalue weighted by atomic mass is 10.00. The van der Waals surface area contributed by atoms with E-state index in [1.165, 1.54) is 154 Å². The van der Waals surface area contributed by atoms with Gasteiger partial charge in [0.05, 0.1) is 26.4 Å². The van der Waals surface area contributed by atoms with Gasteiger partial charge in [0.2, 0.25) is 0 Å². The summed E-state index contributed by atoms with van der Waals surface area (Å²) in [5.74, 6) is 0.133. The normalized spacial score (nSPS) is 14.5. The van der Waals surface area contributed by atoms with Crippen molar-refractivity contribution in [3.05, 3.63) is 24.3 Å². The van der Waals surface area contributed by atoms with Crippen molar-refractivity contribution in [2.45, 2.75) is 381 Å². The number of carbonyl (C=O) groups is 4. The molecule has 19 heteroatoms. The molecule has 17 nitrogen and oxygen atoms in total. The fourth-order valence-electron chi connectivity index (χ4n) is 11.0. The third-order valence-corrected chi connectivity index (χ3v) is 19.3. The highest BCUT2D eigenvalue weighted by Gasteiger charge is 2.30. The van der Waals surface area contributed by atoms with Crippen molar-refractivity contribution in [2.75, 3.05) is 39.6 Å². The molecule has 0 aromatic carbocycles. The summed E-state index contributed by atoms with van der Waals surface area (Å²) in [7, 11) is -9.93. The molecule has 0 aromatic rings. The van der Waals surface area contributed by atoms with Crippen molar-refractivity contribution in [2.24, 2.45) is 17.8 Å². The van der Waals surface area contributed by atoms with Gasteiger partial charge < -0.3 is 33.8 Å². The lowest BCUT2D eigenvalue weighted by Crippen LogP contribution is -2.30. The second kappa shape index (κ2) is 66.1. The maximum absolute atomic E-state index is 13.1. The zero-order chi connectivity index (χ0) is 70.1. The van der Waals surface area contributed by atoms with Crippen molar-refractivity contribution in [1.82, 2.24) is 0 Å². The summed E-state index contributed by atoms with van der Waals surface area (Å²) in [6.07, 6.45) is 54.9. The molecule has 95 heavy (non-hydrogen) atoms. The molecule has 0 aliphatic rings. The van der Waals surface area contributed by atoms with Crippen molar-refractivity contribution < 1.29 is 80.2 Å². The van der Waals surface area contributed by atoms with Gasteiger partial charge in [0.25, 0.3) is 0 Å². The molecule has 0 aliphatic heterocycles. The van der Waals surface area contributed by atoms with Crippen LogP contribution in [-0.4, -0.2) is 96.7 Å². The second-order valence-electron chi connectivity index (χ2n) is 27.9. The standard InChI is InChI=1S/C76H144O17P2/c1-8-10-11-12-13-14-15-16-17-20-26-31-36-45-52-59-75(80)92-71(63-86-73(78)57-50-43-35-30-25-21-18-19-23-28-33-40-47-54-67(3)4)65-90-94(82,83)88-61-70(77)62-89-95(84,85)91-66-72(64-87-74(79)58-51-44-39-38-42-49-56-69(7)9-2)93-76(81)60-53-46-37-32-27-22-24-29-34-41-48-55-68(5)6/h14-17,67-72,77H,8-13,18-66H2,1-7H3,(H,82,83)(H,84,85)/b15-14-,17-16-/t69?,70-,71-,72-/m1/s1. The highest BCUT2D eigenvalue weighted by molar-refractivity contribution is 7.47. The van der Waals surface area contributed by atoms with Crippen LogP contribution in [0.4, 0.5) is 0 Å². The number of ether oxygens (including phenoxy) is 4. The molecule has 3 N–H and O–H groups in total. The van der Waals surface area contributed by atoms with Crippen molar-refractivity contribution in [1.29, 1.82) is 0 Å². The average molecular weight is 1390 g/mol. The van der Waals surface area contributed by atoms with Gasteiger partial charge in [-0.05, 0) is 69.1 Å². The largest absolute Gasteiger partial charge is 0.472 e. The summed E-state index contributed by atoms with van der Waals surface area (Å²) < 4.78 is 68.5. The molecule has 0 spiro atoms. The van der Waals surface area contributed by atoms with Crippen LogP contribution in [0.5, 0.6) is 0 Å². The molecule has 0 saturated carbocycles. The number of unbranched alkanes of at least 4 members (excludes halogenated alkanes) is 36. The van der Waals surface area contributed by atoms with Crippen LogP contribution in [-0.2, 0) is 65.4 Å². The summed E-state index contributed by atoms with van der Waals surface area (Å²) in [6, 6.07) is 0. The highest BCUT2D eigenvalue weighted by Crippen LogP contribution is 2.45. The quantitative estimate of drug-likeness (QED) is 0.0169. The summed E-state index contributed by atoms with van der Waals surface area (Å²) in [6.45, 7) is 11.8. The third-order valence-electron chi connectivity index (χ3n) is 17.4. The van der Waals surface area contributed by atoms with Gasteiger partial charge in [0.1, 0.15) is 19.3 Å². The van der Waals surface area contributed by atoms with Gasteiger partial charge in [-0.1, -0.05) is 310 Å². The number of phosphoric acid groups is 2. The van der Waals surface area contributed by atoms with Crippen LogP contribution in [0.3, 0.4) is 0 Å². The molecule has 0 radical (unpaired) electrons. The first-order valence-corrected chi connectivity index (χ1v) is 41.7. The zero-order valence-electron chi connectivity index (χ0n) is 61.6. The van der Waals surface area contributed by atoms with E-state index in [1.54, 1.807) is 0 Å². The maximum atomic E-state index is 13.1. The molecule has 0 aliphatic carbocycles. The van der Waals surface area contributed by atoms with Crippen LogP contribution in [0.15, 0.2) is 24.3 Å². The van der Waals surface area contributed by atoms with Crippen molar-refractivity contribution in [3.63, 3.8) is 0 Å². The third kappa shape index (κ3) is 68.5. The lowest BCUT2D eigenvalue weighted by molar-refractivity contribution is -0.161. The van der Waals surface area contributed by atoms with Crippen LogP contribution < -0.4 is 0 Å². The van der Waals surface area contributed by atoms with E-state index in [0.717, 1.165) is 127 Å². The number of aliphatic hydroxyl groups excluding tert-OH is 1. The Labute approximate surface area is 580 Å². The number of aliphatic hydroxyl groups is 1. The number of hydrogen-bond acceptors (Lipinski definition) is 15. The fourth-order valence-corrected chi connectivity index (χ4v) is 12.6. The molecule has 0 saturated heterocycles. The molecule has 0 fully saturated rings. The summed E-state index contributed by atoms with van der Waals surface area (Å²) in [4.78, 5) is 72.8. The summed E-state index contributed by atoms with van der Waals surface area (Å²) in [5.41, 5.74) is 0. The van der Waals surface area contributed by atoms with E-state index in [1.807, 2.05) is 0 Å². The number of esters is 4. The molecule has 0 bridgehead atoms. The Morgan fingerprint density at radius 3 is 0.937 bits per heavy atom. The first-order valence-electron chi connectivity index (χ1n) is 38.7. The minimum absolute atomic E-state index is 0.0847. The molecule has 0 amide bonds. The molecule has 560 valence electrons. The Bertz CT molecular complexity index is 1950. The Morgan fingerprint density at radius 2 is 0.621 bits per heavy atom. The SMILES string of the molecule is CCCCCC/C=C\C=C/CCCCCCCC(=O)O[C@H](COC(=O)CCCCCCCCCCCCCCCC(C)C)COP(=O)(O)OC[C@@H](O)COP(=O)(O)OC[C@@H](COC(=O)CCCCCCCCC(C)CC)OC(=O)CCCCCCCCCCCCCC(C)C. The van der Waals surface area contributed by atoms with Gasteiger partial charge in [-0.15, -0.1) is 0 Å². The predicted octanol–water partition coefficient (Wildman–Crippen LogP) is 21.7. The minimum Gasteiger partial charge on any atom is -0.462 e. The van der Waals surface area contributed by atoms with Gasteiger partial charge in [0.15, 0.2) is 12.2 Å². The average Bonchev–Trinajstić information content (AvgIpc) is 2.99. The van der Waals surface area contributed by atoms with Crippen molar-refractivity contribution in [3.8, 4) is 0 Å². The van der Waals surface area contributed by atoms with Gasteiger partial charge in [-0.25, -0.2) is 9.13 Å². The minimum atomic E-state index is -4.97. The predicted molar refractivity (Wildman–Crippen MR) is 386 cm³/mol. The van der Waals surface area contributed by atoms with E-state index >= 15 is 0 Å². The van der Waals surface area contributed by atoms with Crippen molar-refractivity contribution >= 4 is 39.5 Å². The monoisotopic (exact) mass is 1390 g/mol. The first kappa shape index (κ1) is 92.5. The van der Waals surface area contributed by atoms with Gasteiger partial charge in [0, 0.05) is 25.7 Å². The molecule has 6 atom stereocenters.